The van der Waals surface area contributed by atoms with Gasteiger partial charge in [-0.2, -0.15) is 5.10 Å². The maximum absolute atomic E-state index is 12.2. The fraction of sp³-hybridized carbons (Fsp3) is 0.333. The van der Waals surface area contributed by atoms with Gasteiger partial charge < -0.3 is 5.32 Å². The van der Waals surface area contributed by atoms with Gasteiger partial charge in [0.1, 0.15) is 5.15 Å². The Bertz CT molecular complexity index is 779. The molecule has 0 saturated carbocycles. The summed E-state index contributed by atoms with van der Waals surface area (Å²) in [6.07, 6.45) is 3.80. The monoisotopic (exact) mass is 365 g/mol. The van der Waals surface area contributed by atoms with E-state index in [4.69, 9.17) is 23.2 Å². The number of amides is 1. The minimum Gasteiger partial charge on any atom is -0.347 e. The highest BCUT2D eigenvalue weighted by atomic mass is 35.5. The molecule has 1 amide bonds. The van der Waals surface area contributed by atoms with E-state index >= 15 is 0 Å². The van der Waals surface area contributed by atoms with Crippen LogP contribution in [0.3, 0.4) is 0 Å². The average molecular weight is 366 g/mol. The number of carbonyl (C=O) groups is 1. The summed E-state index contributed by atoms with van der Waals surface area (Å²) in [5.74, 6) is -0.189. The normalized spacial score (nSPS) is 11.9. The molecular formula is C18H21Cl2N3O. The number of hydrogen-bond acceptors (Lipinski definition) is 2. The number of aromatic nitrogens is 2. The van der Waals surface area contributed by atoms with Gasteiger partial charge in [-0.1, -0.05) is 41.4 Å². The van der Waals surface area contributed by atoms with E-state index in [1.165, 1.54) is 6.08 Å². The summed E-state index contributed by atoms with van der Waals surface area (Å²) in [5.41, 5.74) is 2.10. The molecule has 0 unspecified atom stereocenters. The highest BCUT2D eigenvalue weighted by molar-refractivity contribution is 6.31. The van der Waals surface area contributed by atoms with Crippen LogP contribution in [0.25, 0.3) is 6.08 Å². The lowest BCUT2D eigenvalue weighted by atomic mass is 9.95. The van der Waals surface area contributed by atoms with Gasteiger partial charge in [0.2, 0.25) is 5.91 Å². The van der Waals surface area contributed by atoms with Crippen molar-refractivity contribution in [3.8, 4) is 0 Å². The molecule has 0 aliphatic rings. The lowest BCUT2D eigenvalue weighted by Gasteiger charge is -2.26. The van der Waals surface area contributed by atoms with Crippen molar-refractivity contribution in [1.82, 2.24) is 15.1 Å². The highest BCUT2D eigenvalue weighted by Gasteiger charge is 2.21. The number of hydrogen-bond donors (Lipinski definition) is 1. The van der Waals surface area contributed by atoms with E-state index < -0.39 is 5.54 Å². The molecule has 6 heteroatoms. The van der Waals surface area contributed by atoms with E-state index in [-0.39, 0.29) is 5.91 Å². The first-order chi connectivity index (χ1) is 11.2. The van der Waals surface area contributed by atoms with Gasteiger partial charge in [-0.25, -0.2) is 0 Å². The van der Waals surface area contributed by atoms with Gasteiger partial charge >= 0.3 is 0 Å². The third kappa shape index (κ3) is 4.62. The van der Waals surface area contributed by atoms with E-state index in [9.17, 15) is 4.79 Å². The van der Waals surface area contributed by atoms with Crippen LogP contribution in [-0.2, 0) is 18.3 Å². The number of halogens is 2. The highest BCUT2D eigenvalue weighted by Crippen LogP contribution is 2.22. The predicted molar refractivity (Wildman–Crippen MR) is 99.4 cm³/mol. The van der Waals surface area contributed by atoms with Crippen molar-refractivity contribution in [3.05, 3.63) is 57.3 Å². The molecule has 2 rings (SSSR count). The first-order valence-corrected chi connectivity index (χ1v) is 8.38. The Hall–Kier alpha value is -1.78. The van der Waals surface area contributed by atoms with E-state index in [0.29, 0.717) is 16.6 Å². The first-order valence-electron chi connectivity index (χ1n) is 7.62. The smallest absolute Gasteiger partial charge is 0.244 e. The summed E-state index contributed by atoms with van der Waals surface area (Å²) in [7, 11) is 1.76. The van der Waals surface area contributed by atoms with Gasteiger partial charge in [-0.15, -0.1) is 0 Å². The van der Waals surface area contributed by atoms with E-state index in [1.807, 2.05) is 45.0 Å². The van der Waals surface area contributed by atoms with Gasteiger partial charge in [0, 0.05) is 29.2 Å². The maximum Gasteiger partial charge on any atom is 0.244 e. The first kappa shape index (κ1) is 18.6. The van der Waals surface area contributed by atoms with Crippen LogP contribution in [0.1, 0.15) is 30.7 Å². The zero-order chi connectivity index (χ0) is 17.9. The molecule has 0 radical (unpaired) electrons. The number of carbonyl (C=O) groups excluding carboxylic acids is 1. The third-order valence-electron chi connectivity index (χ3n) is 3.65. The van der Waals surface area contributed by atoms with Crippen LogP contribution in [0.5, 0.6) is 0 Å². The van der Waals surface area contributed by atoms with Gasteiger partial charge in [-0.05, 0) is 44.9 Å². The number of aryl methyl sites for hydroxylation is 2. The lowest BCUT2D eigenvalue weighted by molar-refractivity contribution is -0.117. The predicted octanol–water partition coefficient (Wildman–Crippen LogP) is 4.19. The summed E-state index contributed by atoms with van der Waals surface area (Å²) in [6.45, 7) is 5.78. The van der Waals surface area contributed by atoms with Crippen molar-refractivity contribution in [1.29, 1.82) is 0 Å². The Morgan fingerprint density at radius 2 is 2.00 bits per heavy atom. The van der Waals surface area contributed by atoms with Crippen molar-refractivity contribution in [2.24, 2.45) is 7.05 Å². The Labute approximate surface area is 152 Å². The zero-order valence-electron chi connectivity index (χ0n) is 14.2. The van der Waals surface area contributed by atoms with Crippen LogP contribution in [0.2, 0.25) is 10.2 Å². The Balaban J connectivity index is 2.05. The number of benzene rings is 1. The molecule has 0 spiro atoms. The largest absolute Gasteiger partial charge is 0.347 e. The topological polar surface area (TPSA) is 46.9 Å². The molecule has 1 aromatic heterocycles. The summed E-state index contributed by atoms with van der Waals surface area (Å²) in [4.78, 5) is 12.2. The summed E-state index contributed by atoms with van der Waals surface area (Å²) in [6, 6.07) is 7.64. The molecule has 2 aromatic rings. The van der Waals surface area contributed by atoms with Crippen LogP contribution in [0.4, 0.5) is 0 Å². The molecule has 0 aliphatic heterocycles. The standard InChI is InChI=1S/C18H21Cl2N3O/c1-12-14(17(20)23(4)22-12)9-10-16(24)21-18(2,3)11-13-7-5-6-8-15(13)19/h5-10H,11H2,1-4H3,(H,21,24). The van der Waals surface area contributed by atoms with Crippen LogP contribution < -0.4 is 5.32 Å². The van der Waals surface area contributed by atoms with Crippen molar-refractivity contribution < 1.29 is 4.79 Å². The van der Waals surface area contributed by atoms with Gasteiger partial charge in [0.25, 0.3) is 0 Å². The van der Waals surface area contributed by atoms with E-state index in [2.05, 4.69) is 10.4 Å². The maximum atomic E-state index is 12.2. The molecule has 0 aliphatic carbocycles. The molecule has 1 N–H and O–H groups in total. The second-order valence-electron chi connectivity index (χ2n) is 6.39. The molecule has 0 fully saturated rings. The molecular weight excluding hydrogens is 345 g/mol. The molecule has 128 valence electrons. The number of nitrogens with one attached hydrogen (secondary N) is 1. The SMILES string of the molecule is Cc1nn(C)c(Cl)c1C=CC(=O)NC(C)(C)Cc1ccccc1Cl. The Morgan fingerprint density at radius 1 is 1.33 bits per heavy atom. The second kappa shape index (κ2) is 7.41. The van der Waals surface area contributed by atoms with Crippen molar-refractivity contribution >= 4 is 35.2 Å². The summed E-state index contributed by atoms with van der Waals surface area (Å²) < 4.78 is 1.58. The second-order valence-corrected chi connectivity index (χ2v) is 7.15. The number of rotatable bonds is 5. The third-order valence-corrected chi connectivity index (χ3v) is 4.47. The van der Waals surface area contributed by atoms with E-state index in [0.717, 1.165) is 16.8 Å². The minimum atomic E-state index is -0.430. The molecule has 24 heavy (non-hydrogen) atoms. The Kier molecular flexibility index (Phi) is 5.73. The van der Waals surface area contributed by atoms with Gasteiger partial charge in [0.05, 0.1) is 5.69 Å². The number of nitrogens with zero attached hydrogens (tertiary/aromatic N) is 2. The van der Waals surface area contributed by atoms with Crippen LogP contribution in [0, 0.1) is 6.92 Å². The molecule has 1 aromatic carbocycles. The Morgan fingerprint density at radius 3 is 2.58 bits per heavy atom. The van der Waals surface area contributed by atoms with Crippen molar-refractivity contribution in [3.63, 3.8) is 0 Å². The molecule has 1 heterocycles. The van der Waals surface area contributed by atoms with E-state index in [1.54, 1.807) is 17.8 Å². The fourth-order valence-corrected chi connectivity index (χ4v) is 2.97. The average Bonchev–Trinajstić information content (AvgIpc) is 2.72. The van der Waals surface area contributed by atoms with Crippen molar-refractivity contribution in [2.45, 2.75) is 32.7 Å². The molecule has 0 bridgehead atoms. The molecule has 4 nitrogen and oxygen atoms in total. The summed E-state index contributed by atoms with van der Waals surface area (Å²) >= 11 is 12.4. The van der Waals surface area contributed by atoms with Crippen LogP contribution >= 0.6 is 23.2 Å². The van der Waals surface area contributed by atoms with Gasteiger partial charge in [0.15, 0.2) is 0 Å². The minimum absolute atomic E-state index is 0.189. The zero-order valence-corrected chi connectivity index (χ0v) is 15.7. The quantitative estimate of drug-likeness (QED) is 0.807. The van der Waals surface area contributed by atoms with Crippen LogP contribution in [0.15, 0.2) is 30.3 Å². The fourth-order valence-electron chi connectivity index (χ4n) is 2.53. The molecule has 0 atom stereocenters. The lowest BCUT2D eigenvalue weighted by Crippen LogP contribution is -2.44. The van der Waals surface area contributed by atoms with Crippen molar-refractivity contribution in [2.75, 3.05) is 0 Å². The molecule has 0 saturated heterocycles. The summed E-state index contributed by atoms with van der Waals surface area (Å²) in [5, 5.41) is 8.42. The van der Waals surface area contributed by atoms with Gasteiger partial charge in [-0.3, -0.25) is 9.48 Å². The van der Waals surface area contributed by atoms with Crippen LogP contribution in [-0.4, -0.2) is 21.2 Å².